The van der Waals surface area contributed by atoms with Crippen LogP contribution in [-0.4, -0.2) is 18.1 Å². The minimum atomic E-state index is -4.22. The van der Waals surface area contributed by atoms with Crippen LogP contribution in [0.2, 0.25) is 0 Å². The molecule has 0 amide bonds. The molecule has 0 aliphatic heterocycles. The van der Waals surface area contributed by atoms with Crippen LogP contribution in [0.15, 0.2) is 47.4 Å². The Balaban J connectivity index is 1.90. The molecule has 0 unspecified atom stereocenters. The first kappa shape index (κ1) is 21.3. The van der Waals surface area contributed by atoms with Gasteiger partial charge in [0.25, 0.3) is 10.1 Å². The predicted octanol–water partition coefficient (Wildman–Crippen LogP) is 5.72. The van der Waals surface area contributed by atoms with Crippen molar-refractivity contribution >= 4 is 10.1 Å². The van der Waals surface area contributed by atoms with Gasteiger partial charge in [0.05, 0.1) is 4.90 Å². The topological polar surface area (TPSA) is 83.8 Å². The molecule has 2 aromatic rings. The van der Waals surface area contributed by atoms with Gasteiger partial charge in [-0.05, 0) is 54.8 Å². The summed E-state index contributed by atoms with van der Waals surface area (Å²) in [7, 11) is -4.22. The lowest BCUT2D eigenvalue weighted by Gasteiger charge is -2.09. The van der Waals surface area contributed by atoms with Crippen LogP contribution in [-0.2, 0) is 16.5 Å². The van der Waals surface area contributed by atoms with Crippen molar-refractivity contribution in [3.05, 3.63) is 48.0 Å². The van der Waals surface area contributed by atoms with E-state index in [-0.39, 0.29) is 10.6 Å². The zero-order valence-corrected chi connectivity index (χ0v) is 16.5. The largest absolute Gasteiger partial charge is 0.508 e. The molecule has 5 nitrogen and oxygen atoms in total. The van der Waals surface area contributed by atoms with Gasteiger partial charge in [-0.3, -0.25) is 4.55 Å². The maximum atomic E-state index is 11.1. The fourth-order valence-electron chi connectivity index (χ4n) is 2.95. The van der Waals surface area contributed by atoms with E-state index in [1.54, 1.807) is 6.07 Å². The van der Waals surface area contributed by atoms with Gasteiger partial charge in [-0.25, -0.2) is 0 Å². The summed E-state index contributed by atoms with van der Waals surface area (Å²) in [6, 6.07) is 10.6. The van der Waals surface area contributed by atoms with Gasteiger partial charge in [0.1, 0.15) is 17.2 Å². The van der Waals surface area contributed by atoms with Gasteiger partial charge in [0.2, 0.25) is 0 Å². The SMILES string of the molecule is CCCCCCCCCc1cc(O)cc(Oc2ccc(S(=O)(=O)O)cc2)c1. The summed E-state index contributed by atoms with van der Waals surface area (Å²) in [6.07, 6.45) is 9.50. The lowest BCUT2D eigenvalue weighted by Crippen LogP contribution is -1.97. The zero-order valence-electron chi connectivity index (χ0n) is 15.7. The Labute approximate surface area is 161 Å². The van der Waals surface area contributed by atoms with Crippen molar-refractivity contribution in [2.75, 3.05) is 0 Å². The molecule has 0 radical (unpaired) electrons. The number of phenolic OH excluding ortho intramolecular Hbond substituents is 1. The van der Waals surface area contributed by atoms with E-state index in [0.29, 0.717) is 11.5 Å². The Hall–Kier alpha value is -2.05. The summed E-state index contributed by atoms with van der Waals surface area (Å²) < 4.78 is 36.9. The molecule has 0 heterocycles. The van der Waals surface area contributed by atoms with Crippen LogP contribution in [0.5, 0.6) is 17.2 Å². The minimum absolute atomic E-state index is 0.139. The molecule has 148 valence electrons. The van der Waals surface area contributed by atoms with E-state index in [9.17, 15) is 13.5 Å². The van der Waals surface area contributed by atoms with Crippen LogP contribution in [0.4, 0.5) is 0 Å². The molecular weight excluding hydrogens is 364 g/mol. The summed E-state index contributed by atoms with van der Waals surface area (Å²) in [4.78, 5) is -0.189. The Bertz CT molecular complexity index is 813. The van der Waals surface area contributed by atoms with Crippen molar-refractivity contribution in [2.45, 2.75) is 63.2 Å². The average molecular weight is 393 g/mol. The van der Waals surface area contributed by atoms with Crippen molar-refractivity contribution < 1.29 is 22.8 Å². The standard InChI is InChI=1S/C21H28O5S/c1-2-3-4-5-6-7-8-9-17-14-18(22)16-20(15-17)26-19-10-12-21(13-11-19)27(23,24)25/h10-16,22H,2-9H2,1H3,(H,23,24,25). The van der Waals surface area contributed by atoms with Crippen molar-refractivity contribution in [2.24, 2.45) is 0 Å². The first-order chi connectivity index (χ1) is 12.9. The maximum Gasteiger partial charge on any atom is 0.294 e. The fraction of sp³-hybridized carbons (Fsp3) is 0.429. The molecule has 27 heavy (non-hydrogen) atoms. The smallest absolute Gasteiger partial charge is 0.294 e. The first-order valence-electron chi connectivity index (χ1n) is 9.47. The van der Waals surface area contributed by atoms with Crippen LogP contribution in [0, 0.1) is 0 Å². The van der Waals surface area contributed by atoms with Crippen molar-refractivity contribution in [1.82, 2.24) is 0 Å². The molecule has 0 fully saturated rings. The highest BCUT2D eigenvalue weighted by Crippen LogP contribution is 2.28. The number of rotatable bonds is 11. The number of benzene rings is 2. The monoisotopic (exact) mass is 392 g/mol. The Morgan fingerprint density at radius 2 is 1.48 bits per heavy atom. The third-order valence-corrected chi connectivity index (χ3v) is 5.25. The zero-order chi connectivity index (χ0) is 19.7. The summed E-state index contributed by atoms with van der Waals surface area (Å²) in [5.41, 5.74) is 1.01. The van der Waals surface area contributed by atoms with Gasteiger partial charge in [-0.2, -0.15) is 8.42 Å². The van der Waals surface area contributed by atoms with E-state index < -0.39 is 10.1 Å². The van der Waals surface area contributed by atoms with E-state index in [1.807, 2.05) is 6.07 Å². The van der Waals surface area contributed by atoms with Gasteiger partial charge in [0.15, 0.2) is 0 Å². The van der Waals surface area contributed by atoms with Crippen LogP contribution in [0.25, 0.3) is 0 Å². The molecule has 0 aliphatic carbocycles. The highest BCUT2D eigenvalue weighted by molar-refractivity contribution is 7.85. The normalized spacial score (nSPS) is 11.5. The Morgan fingerprint density at radius 3 is 2.11 bits per heavy atom. The van der Waals surface area contributed by atoms with Gasteiger partial charge in [0, 0.05) is 6.07 Å². The molecular formula is C21H28O5S. The fourth-order valence-corrected chi connectivity index (χ4v) is 3.43. The quantitative estimate of drug-likeness (QED) is 0.377. The Morgan fingerprint density at radius 1 is 0.852 bits per heavy atom. The molecule has 0 bridgehead atoms. The lowest BCUT2D eigenvalue weighted by atomic mass is 10.0. The molecule has 2 N–H and O–H groups in total. The van der Waals surface area contributed by atoms with E-state index in [4.69, 9.17) is 9.29 Å². The highest BCUT2D eigenvalue weighted by atomic mass is 32.2. The van der Waals surface area contributed by atoms with E-state index >= 15 is 0 Å². The third-order valence-electron chi connectivity index (χ3n) is 4.38. The highest BCUT2D eigenvalue weighted by Gasteiger charge is 2.09. The maximum absolute atomic E-state index is 11.1. The minimum Gasteiger partial charge on any atom is -0.508 e. The second kappa shape index (κ2) is 10.3. The molecule has 0 saturated heterocycles. The average Bonchev–Trinajstić information content (AvgIpc) is 2.60. The van der Waals surface area contributed by atoms with Crippen LogP contribution >= 0.6 is 0 Å². The molecule has 0 aromatic heterocycles. The van der Waals surface area contributed by atoms with Crippen molar-refractivity contribution in [1.29, 1.82) is 0 Å². The number of aromatic hydroxyl groups is 1. The summed E-state index contributed by atoms with van der Waals surface area (Å²) in [5.74, 6) is 1.06. The second-order valence-electron chi connectivity index (χ2n) is 6.76. The number of ether oxygens (including phenoxy) is 1. The van der Waals surface area contributed by atoms with Gasteiger partial charge in [-0.1, -0.05) is 45.4 Å². The van der Waals surface area contributed by atoms with Gasteiger partial charge < -0.3 is 9.84 Å². The number of aryl methyl sites for hydroxylation is 1. The van der Waals surface area contributed by atoms with Crippen molar-refractivity contribution in [3.63, 3.8) is 0 Å². The van der Waals surface area contributed by atoms with Crippen molar-refractivity contribution in [3.8, 4) is 17.2 Å². The Kier molecular flexibility index (Phi) is 8.13. The number of unbranched alkanes of at least 4 members (excludes halogenated alkanes) is 6. The van der Waals surface area contributed by atoms with Gasteiger partial charge >= 0.3 is 0 Å². The van der Waals surface area contributed by atoms with E-state index in [1.165, 1.54) is 68.9 Å². The molecule has 2 aromatic carbocycles. The van der Waals surface area contributed by atoms with Gasteiger partial charge in [-0.15, -0.1) is 0 Å². The lowest BCUT2D eigenvalue weighted by molar-refractivity contribution is 0.453. The summed E-state index contributed by atoms with van der Waals surface area (Å²) >= 11 is 0. The molecule has 6 heteroatoms. The molecule has 0 atom stereocenters. The van der Waals surface area contributed by atoms with Crippen LogP contribution in [0.3, 0.4) is 0 Å². The second-order valence-corrected chi connectivity index (χ2v) is 8.18. The molecule has 2 rings (SSSR count). The van der Waals surface area contributed by atoms with E-state index in [0.717, 1.165) is 18.4 Å². The molecule has 0 spiro atoms. The van der Waals surface area contributed by atoms with E-state index in [2.05, 4.69) is 6.92 Å². The molecule has 0 aliphatic rings. The summed E-state index contributed by atoms with van der Waals surface area (Å²) in [5, 5.41) is 9.93. The molecule has 0 saturated carbocycles. The number of hydrogen-bond acceptors (Lipinski definition) is 4. The van der Waals surface area contributed by atoms with Crippen LogP contribution in [0.1, 0.15) is 57.4 Å². The first-order valence-corrected chi connectivity index (χ1v) is 10.9. The third kappa shape index (κ3) is 7.61. The number of phenols is 1. The van der Waals surface area contributed by atoms with Crippen LogP contribution < -0.4 is 4.74 Å². The number of hydrogen-bond donors (Lipinski definition) is 2. The predicted molar refractivity (Wildman–Crippen MR) is 106 cm³/mol. The summed E-state index contributed by atoms with van der Waals surface area (Å²) in [6.45, 7) is 2.21.